The van der Waals surface area contributed by atoms with Crippen molar-refractivity contribution in [1.29, 1.82) is 5.26 Å². The maximum atomic E-state index is 8.85. The predicted molar refractivity (Wildman–Crippen MR) is 100 cm³/mol. The fraction of sp³-hybridized carbons (Fsp3) is 0.190. The fourth-order valence-electron chi connectivity index (χ4n) is 2.60. The summed E-state index contributed by atoms with van der Waals surface area (Å²) in [4.78, 5) is 8.75. The van der Waals surface area contributed by atoms with Gasteiger partial charge in [-0.1, -0.05) is 38.1 Å². The van der Waals surface area contributed by atoms with Gasteiger partial charge in [0.2, 0.25) is 5.95 Å². The van der Waals surface area contributed by atoms with Crippen LogP contribution >= 0.6 is 0 Å². The average Bonchev–Trinajstić information content (AvgIpc) is 2.64. The predicted octanol–water partition coefficient (Wildman–Crippen LogP) is 4.96. The van der Waals surface area contributed by atoms with E-state index in [9.17, 15) is 0 Å². The minimum Gasteiger partial charge on any atom is -0.324 e. The molecule has 0 aliphatic carbocycles. The lowest BCUT2D eigenvalue weighted by atomic mass is 10.0. The van der Waals surface area contributed by atoms with Crippen molar-refractivity contribution in [2.24, 2.45) is 5.92 Å². The Balaban J connectivity index is 1.69. The highest BCUT2D eigenvalue weighted by Gasteiger charge is 2.03. The Morgan fingerprint density at radius 3 is 2.12 bits per heavy atom. The van der Waals surface area contributed by atoms with Gasteiger partial charge in [0, 0.05) is 23.6 Å². The van der Waals surface area contributed by atoms with Crippen LogP contribution in [-0.4, -0.2) is 9.97 Å². The molecule has 2 aromatic carbocycles. The van der Waals surface area contributed by atoms with Crippen molar-refractivity contribution in [1.82, 2.24) is 9.97 Å². The highest BCUT2D eigenvalue weighted by molar-refractivity contribution is 5.63. The van der Waals surface area contributed by atoms with Gasteiger partial charge in [0.25, 0.3) is 0 Å². The van der Waals surface area contributed by atoms with Crippen molar-refractivity contribution in [3.8, 4) is 17.2 Å². The number of nitriles is 1. The largest absolute Gasteiger partial charge is 0.324 e. The molecule has 0 saturated heterocycles. The number of benzene rings is 2. The molecule has 0 bridgehead atoms. The van der Waals surface area contributed by atoms with Gasteiger partial charge < -0.3 is 5.32 Å². The van der Waals surface area contributed by atoms with Crippen molar-refractivity contribution in [2.75, 3.05) is 5.32 Å². The first-order chi connectivity index (χ1) is 12.1. The van der Waals surface area contributed by atoms with Crippen LogP contribution in [0.25, 0.3) is 11.1 Å². The molecule has 3 aromatic rings. The van der Waals surface area contributed by atoms with E-state index < -0.39 is 0 Å². The molecule has 0 radical (unpaired) electrons. The monoisotopic (exact) mass is 328 g/mol. The van der Waals surface area contributed by atoms with Crippen LogP contribution < -0.4 is 5.32 Å². The SMILES string of the molecule is CC(C)Cc1ccc(Nc2ncc(-c3ccc(C#N)cc3)cn2)cc1. The molecule has 0 fully saturated rings. The molecule has 4 nitrogen and oxygen atoms in total. The van der Waals surface area contributed by atoms with E-state index in [1.807, 2.05) is 12.1 Å². The van der Waals surface area contributed by atoms with Gasteiger partial charge in [-0.3, -0.25) is 0 Å². The highest BCUT2D eigenvalue weighted by Crippen LogP contribution is 2.20. The molecule has 1 aromatic heterocycles. The van der Waals surface area contributed by atoms with Crippen LogP contribution in [0.1, 0.15) is 25.0 Å². The van der Waals surface area contributed by atoms with E-state index in [4.69, 9.17) is 5.26 Å². The molecular weight excluding hydrogens is 308 g/mol. The molecule has 0 amide bonds. The molecule has 1 heterocycles. The molecule has 0 spiro atoms. The zero-order valence-corrected chi connectivity index (χ0v) is 14.4. The summed E-state index contributed by atoms with van der Waals surface area (Å²) < 4.78 is 0. The van der Waals surface area contributed by atoms with Gasteiger partial charge in [-0.2, -0.15) is 5.26 Å². The molecule has 25 heavy (non-hydrogen) atoms. The van der Waals surface area contributed by atoms with Gasteiger partial charge in [-0.05, 0) is 47.7 Å². The standard InChI is InChI=1S/C21H20N4/c1-15(2)11-16-5-9-20(10-6-16)25-21-23-13-19(14-24-21)18-7-3-17(12-22)4-8-18/h3-10,13-15H,11H2,1-2H3,(H,23,24,25). The van der Waals surface area contributed by atoms with Crippen molar-refractivity contribution in [3.05, 3.63) is 72.1 Å². The van der Waals surface area contributed by atoms with Gasteiger partial charge in [-0.15, -0.1) is 0 Å². The number of hydrogen-bond donors (Lipinski definition) is 1. The molecule has 0 atom stereocenters. The quantitative estimate of drug-likeness (QED) is 0.719. The first-order valence-electron chi connectivity index (χ1n) is 8.32. The normalized spacial score (nSPS) is 10.5. The summed E-state index contributed by atoms with van der Waals surface area (Å²) in [5.74, 6) is 1.21. The lowest BCUT2D eigenvalue weighted by Gasteiger charge is -2.08. The van der Waals surface area contributed by atoms with Crippen molar-refractivity contribution < 1.29 is 0 Å². The summed E-state index contributed by atoms with van der Waals surface area (Å²) >= 11 is 0. The third-order valence-corrected chi connectivity index (χ3v) is 3.85. The summed E-state index contributed by atoms with van der Waals surface area (Å²) in [7, 11) is 0. The van der Waals surface area contributed by atoms with Crippen LogP contribution in [0, 0.1) is 17.2 Å². The maximum absolute atomic E-state index is 8.85. The molecule has 3 rings (SSSR count). The maximum Gasteiger partial charge on any atom is 0.227 e. The number of nitrogens with zero attached hydrogens (tertiary/aromatic N) is 3. The zero-order chi connectivity index (χ0) is 17.6. The fourth-order valence-corrected chi connectivity index (χ4v) is 2.60. The third kappa shape index (κ3) is 4.42. The Morgan fingerprint density at radius 1 is 0.920 bits per heavy atom. The minimum absolute atomic E-state index is 0.564. The summed E-state index contributed by atoms with van der Waals surface area (Å²) in [6.45, 7) is 4.44. The number of anilines is 2. The second kappa shape index (κ2) is 7.59. The van der Waals surface area contributed by atoms with Crippen molar-refractivity contribution in [3.63, 3.8) is 0 Å². The molecule has 1 N–H and O–H groups in total. The lowest BCUT2D eigenvalue weighted by Crippen LogP contribution is -1.98. The molecule has 0 unspecified atom stereocenters. The van der Waals surface area contributed by atoms with Crippen LogP contribution in [0.4, 0.5) is 11.6 Å². The summed E-state index contributed by atoms with van der Waals surface area (Å²) in [5, 5.41) is 12.1. The van der Waals surface area contributed by atoms with Crippen LogP contribution in [-0.2, 0) is 6.42 Å². The van der Waals surface area contributed by atoms with E-state index in [-0.39, 0.29) is 0 Å². The van der Waals surface area contributed by atoms with Crippen LogP contribution in [0.15, 0.2) is 60.9 Å². The molecule has 0 aliphatic rings. The van der Waals surface area contributed by atoms with Gasteiger partial charge in [-0.25, -0.2) is 9.97 Å². The minimum atomic E-state index is 0.564. The first-order valence-corrected chi connectivity index (χ1v) is 8.32. The Kier molecular flexibility index (Phi) is 5.06. The third-order valence-electron chi connectivity index (χ3n) is 3.85. The average molecular weight is 328 g/mol. The Morgan fingerprint density at radius 2 is 1.56 bits per heavy atom. The molecular formula is C21H20N4. The van der Waals surface area contributed by atoms with Crippen LogP contribution in [0.5, 0.6) is 0 Å². The second-order valence-corrected chi connectivity index (χ2v) is 6.40. The number of rotatable bonds is 5. The summed E-state index contributed by atoms with van der Waals surface area (Å²) in [6.07, 6.45) is 4.64. The van der Waals surface area contributed by atoms with E-state index >= 15 is 0 Å². The van der Waals surface area contributed by atoms with E-state index in [0.717, 1.165) is 23.2 Å². The molecule has 4 heteroatoms. The summed E-state index contributed by atoms with van der Waals surface area (Å²) in [6, 6.07) is 17.9. The van der Waals surface area contributed by atoms with Crippen LogP contribution in [0.2, 0.25) is 0 Å². The highest BCUT2D eigenvalue weighted by atomic mass is 15.1. The first kappa shape index (κ1) is 16.7. The van der Waals surface area contributed by atoms with Crippen molar-refractivity contribution in [2.45, 2.75) is 20.3 Å². The van der Waals surface area contributed by atoms with Gasteiger partial charge >= 0.3 is 0 Å². The van der Waals surface area contributed by atoms with Gasteiger partial charge in [0.15, 0.2) is 0 Å². The van der Waals surface area contributed by atoms with E-state index in [1.165, 1.54) is 5.56 Å². The van der Waals surface area contributed by atoms with Gasteiger partial charge in [0.05, 0.1) is 11.6 Å². The zero-order valence-electron chi connectivity index (χ0n) is 14.4. The molecule has 0 saturated carbocycles. The van der Waals surface area contributed by atoms with E-state index in [1.54, 1.807) is 24.5 Å². The number of aromatic nitrogens is 2. The topological polar surface area (TPSA) is 61.6 Å². The van der Waals surface area contributed by atoms with Crippen molar-refractivity contribution >= 4 is 11.6 Å². The Labute approximate surface area is 148 Å². The van der Waals surface area contributed by atoms with E-state index in [2.05, 4.69) is 59.5 Å². The number of nitrogens with one attached hydrogen (secondary N) is 1. The number of hydrogen-bond acceptors (Lipinski definition) is 4. The Hall–Kier alpha value is -3.19. The Bertz CT molecular complexity index is 858. The smallest absolute Gasteiger partial charge is 0.227 e. The molecule has 0 aliphatic heterocycles. The van der Waals surface area contributed by atoms with Crippen LogP contribution in [0.3, 0.4) is 0 Å². The lowest BCUT2D eigenvalue weighted by molar-refractivity contribution is 0.647. The molecule has 124 valence electrons. The van der Waals surface area contributed by atoms with E-state index in [0.29, 0.717) is 17.4 Å². The summed E-state index contributed by atoms with van der Waals surface area (Å²) in [5.41, 5.74) is 4.85. The second-order valence-electron chi connectivity index (χ2n) is 6.40. The van der Waals surface area contributed by atoms with Gasteiger partial charge in [0.1, 0.15) is 0 Å².